The van der Waals surface area contributed by atoms with E-state index in [1.165, 1.54) is 30.4 Å². The minimum absolute atomic E-state index is 0.0903. The van der Waals surface area contributed by atoms with Crippen LogP contribution >= 0.6 is 0 Å². The Bertz CT molecular complexity index is 544. The van der Waals surface area contributed by atoms with E-state index >= 15 is 0 Å². The van der Waals surface area contributed by atoms with E-state index in [1.807, 2.05) is 0 Å². The first-order valence-corrected chi connectivity index (χ1v) is 7.66. The quantitative estimate of drug-likeness (QED) is 0.746. The van der Waals surface area contributed by atoms with Crippen molar-refractivity contribution in [2.75, 3.05) is 0 Å². The summed E-state index contributed by atoms with van der Waals surface area (Å²) in [6.45, 7) is 2.31. The fourth-order valence-corrected chi connectivity index (χ4v) is 4.89. The van der Waals surface area contributed by atoms with Crippen LogP contribution < -0.4 is 0 Å². The van der Waals surface area contributed by atoms with Crippen molar-refractivity contribution in [3.05, 3.63) is 41.5 Å². The molecule has 4 atom stereocenters. The normalized spacial score (nSPS) is 40.1. The third kappa shape index (κ3) is 1.51. The van der Waals surface area contributed by atoms with Crippen molar-refractivity contribution < 1.29 is 5.11 Å². The van der Waals surface area contributed by atoms with Gasteiger partial charge in [-0.05, 0) is 60.6 Å². The lowest BCUT2D eigenvalue weighted by Gasteiger charge is -2.45. The van der Waals surface area contributed by atoms with Gasteiger partial charge in [-0.25, -0.2) is 0 Å². The van der Waals surface area contributed by atoms with Crippen molar-refractivity contribution in [1.29, 1.82) is 0 Å². The van der Waals surface area contributed by atoms with E-state index in [9.17, 15) is 5.11 Å². The summed E-state index contributed by atoms with van der Waals surface area (Å²) in [4.78, 5) is 0. The Morgan fingerprint density at radius 1 is 1.16 bits per heavy atom. The first-order valence-electron chi connectivity index (χ1n) is 7.66. The zero-order valence-corrected chi connectivity index (χ0v) is 11.6. The molecule has 3 aliphatic rings. The maximum Gasteiger partial charge on any atom is 0.0599 e. The predicted octanol–water partition coefficient (Wildman–Crippen LogP) is 3.81. The lowest BCUT2D eigenvalue weighted by atomic mass is 9.60. The van der Waals surface area contributed by atoms with Crippen molar-refractivity contribution in [3.8, 4) is 0 Å². The van der Waals surface area contributed by atoms with Gasteiger partial charge in [0, 0.05) is 5.41 Å². The number of hydrogen-bond acceptors (Lipinski definition) is 1. The van der Waals surface area contributed by atoms with Gasteiger partial charge in [0.25, 0.3) is 0 Å². The largest absolute Gasteiger partial charge is 0.393 e. The highest BCUT2D eigenvalue weighted by Crippen LogP contribution is 2.58. The molecule has 1 saturated carbocycles. The maximum absolute atomic E-state index is 10.3. The summed E-state index contributed by atoms with van der Waals surface area (Å²) in [7, 11) is 0. The van der Waals surface area contributed by atoms with Crippen LogP contribution in [0.4, 0.5) is 0 Å². The molecule has 1 nitrogen and oxygen atoms in total. The molecular weight excluding hydrogens is 232 g/mol. The van der Waals surface area contributed by atoms with E-state index in [0.29, 0.717) is 11.8 Å². The second-order valence-corrected chi connectivity index (χ2v) is 6.87. The predicted molar refractivity (Wildman–Crippen MR) is 77.7 cm³/mol. The number of allylic oxidation sites excluding steroid dienone is 2. The topological polar surface area (TPSA) is 20.2 Å². The van der Waals surface area contributed by atoms with Crippen molar-refractivity contribution in [2.24, 2.45) is 17.3 Å². The molecule has 1 aromatic rings. The van der Waals surface area contributed by atoms with Gasteiger partial charge in [-0.1, -0.05) is 37.3 Å². The van der Waals surface area contributed by atoms with E-state index in [0.717, 1.165) is 12.8 Å². The highest BCUT2D eigenvalue weighted by molar-refractivity contribution is 5.73. The van der Waals surface area contributed by atoms with Crippen molar-refractivity contribution in [3.63, 3.8) is 0 Å². The van der Waals surface area contributed by atoms with Crippen LogP contribution in [-0.2, 0) is 6.42 Å². The van der Waals surface area contributed by atoms with Crippen LogP contribution in [0.2, 0.25) is 0 Å². The second-order valence-electron chi connectivity index (χ2n) is 6.87. The Morgan fingerprint density at radius 3 is 2.89 bits per heavy atom. The Balaban J connectivity index is 1.80. The smallest absolute Gasteiger partial charge is 0.0599 e. The molecule has 1 heteroatoms. The van der Waals surface area contributed by atoms with E-state index in [1.54, 1.807) is 5.57 Å². The van der Waals surface area contributed by atoms with Gasteiger partial charge in [-0.3, -0.25) is 0 Å². The summed E-state index contributed by atoms with van der Waals surface area (Å²) in [6, 6.07) is 8.90. The third-order valence-electron chi connectivity index (χ3n) is 6.06. The molecule has 0 aliphatic heterocycles. The highest BCUT2D eigenvalue weighted by atomic mass is 16.3. The van der Waals surface area contributed by atoms with Crippen molar-refractivity contribution in [2.45, 2.75) is 45.1 Å². The second kappa shape index (κ2) is 3.96. The Hall–Kier alpha value is -1.08. The van der Waals surface area contributed by atoms with Crippen LogP contribution in [0, 0.1) is 17.3 Å². The van der Waals surface area contributed by atoms with E-state index in [4.69, 9.17) is 0 Å². The van der Waals surface area contributed by atoms with Crippen LogP contribution in [-0.4, -0.2) is 11.2 Å². The monoisotopic (exact) mass is 254 g/mol. The average molecular weight is 254 g/mol. The van der Waals surface area contributed by atoms with Crippen LogP contribution in [0.15, 0.2) is 30.3 Å². The van der Waals surface area contributed by atoms with Gasteiger partial charge in [0.1, 0.15) is 0 Å². The lowest BCUT2D eigenvalue weighted by molar-refractivity contribution is 0.0251. The molecule has 4 rings (SSSR count). The van der Waals surface area contributed by atoms with Crippen LogP contribution in [0.1, 0.15) is 43.7 Å². The average Bonchev–Trinajstić information content (AvgIpc) is 2.75. The zero-order valence-electron chi connectivity index (χ0n) is 11.6. The van der Waals surface area contributed by atoms with Gasteiger partial charge in [0.05, 0.1) is 6.10 Å². The number of rotatable bonds is 0. The van der Waals surface area contributed by atoms with Crippen LogP contribution in [0.25, 0.3) is 5.57 Å². The minimum atomic E-state index is -0.0903. The van der Waals surface area contributed by atoms with Gasteiger partial charge in [0.15, 0.2) is 0 Å². The zero-order chi connectivity index (χ0) is 13.0. The Morgan fingerprint density at radius 2 is 2.00 bits per heavy atom. The number of benzene rings is 1. The number of aliphatic hydroxyl groups is 1. The fourth-order valence-electron chi connectivity index (χ4n) is 4.89. The molecule has 3 aliphatic carbocycles. The SMILES string of the molecule is C[C@@]12CC=C3c4ccccc4CC[C@@H]3[C@H]1CC[C@H]2O. The number of aliphatic hydroxyl groups excluding tert-OH is 1. The van der Waals surface area contributed by atoms with Crippen molar-refractivity contribution in [1.82, 2.24) is 0 Å². The standard InChI is InChI=1S/C18H22O/c1-18-11-10-14-13-5-3-2-4-12(13)6-7-15(14)16(18)8-9-17(18)19/h2-5,10,15-17,19H,6-9,11H2,1H3/t15-,16+,17+,18+/m0/s1. The lowest BCUT2D eigenvalue weighted by Crippen LogP contribution is -2.39. The number of fused-ring (bicyclic) bond motifs is 5. The maximum atomic E-state index is 10.3. The van der Waals surface area contributed by atoms with Gasteiger partial charge in [0.2, 0.25) is 0 Å². The van der Waals surface area contributed by atoms with E-state index in [2.05, 4.69) is 37.3 Å². The molecule has 19 heavy (non-hydrogen) atoms. The van der Waals surface area contributed by atoms with Crippen LogP contribution in [0.5, 0.6) is 0 Å². The van der Waals surface area contributed by atoms with E-state index < -0.39 is 0 Å². The van der Waals surface area contributed by atoms with E-state index in [-0.39, 0.29) is 11.5 Å². The molecule has 0 amide bonds. The first-order chi connectivity index (χ1) is 9.20. The molecule has 100 valence electrons. The number of aryl methyl sites for hydroxylation is 1. The van der Waals surface area contributed by atoms with Gasteiger partial charge in [-0.15, -0.1) is 0 Å². The van der Waals surface area contributed by atoms with Crippen LogP contribution in [0.3, 0.4) is 0 Å². The molecule has 0 heterocycles. The molecule has 1 aromatic carbocycles. The summed E-state index contributed by atoms with van der Waals surface area (Å²) in [5.41, 5.74) is 4.73. The summed E-state index contributed by atoms with van der Waals surface area (Å²) in [5.74, 6) is 1.38. The molecule has 0 aromatic heterocycles. The minimum Gasteiger partial charge on any atom is -0.393 e. The summed E-state index contributed by atoms with van der Waals surface area (Å²) in [5, 5.41) is 10.3. The highest BCUT2D eigenvalue weighted by Gasteiger charge is 2.51. The molecule has 1 fully saturated rings. The fraction of sp³-hybridized carbons (Fsp3) is 0.556. The molecule has 0 saturated heterocycles. The van der Waals surface area contributed by atoms with Crippen molar-refractivity contribution >= 4 is 5.57 Å². The first kappa shape index (κ1) is 11.7. The molecule has 0 spiro atoms. The summed E-state index contributed by atoms with van der Waals surface area (Å²) in [6.07, 6.45) is 8.10. The summed E-state index contributed by atoms with van der Waals surface area (Å²) >= 11 is 0. The van der Waals surface area contributed by atoms with Gasteiger partial charge >= 0.3 is 0 Å². The molecule has 0 unspecified atom stereocenters. The van der Waals surface area contributed by atoms with Gasteiger partial charge in [-0.2, -0.15) is 0 Å². The Labute approximate surface area is 115 Å². The Kier molecular flexibility index (Phi) is 2.44. The molecular formula is C18H22O. The summed E-state index contributed by atoms with van der Waals surface area (Å²) < 4.78 is 0. The molecule has 0 bridgehead atoms. The molecule has 1 N–H and O–H groups in total. The van der Waals surface area contributed by atoms with Gasteiger partial charge < -0.3 is 5.11 Å². The molecule has 0 radical (unpaired) electrons. The number of hydrogen-bond donors (Lipinski definition) is 1. The third-order valence-corrected chi connectivity index (χ3v) is 6.06.